The first-order chi connectivity index (χ1) is 10.1. The number of carbonyl (C=O) groups is 1. The highest BCUT2D eigenvalue weighted by Gasteiger charge is 2.37. The summed E-state index contributed by atoms with van der Waals surface area (Å²) in [6, 6.07) is 7.27. The van der Waals surface area contributed by atoms with Gasteiger partial charge < -0.3 is 10.2 Å². The van der Waals surface area contributed by atoms with Gasteiger partial charge in [0, 0.05) is 29.5 Å². The molecule has 2 aliphatic heterocycles. The highest BCUT2D eigenvalue weighted by atomic mass is 79.9. The Bertz CT molecular complexity index is 523. The zero-order valence-electron chi connectivity index (χ0n) is 13.0. The van der Waals surface area contributed by atoms with Crippen LogP contribution in [0.15, 0.2) is 22.7 Å². The van der Waals surface area contributed by atoms with Crippen LogP contribution in [-0.2, 0) is 11.2 Å². The number of benzene rings is 1. The van der Waals surface area contributed by atoms with Crippen LogP contribution < -0.4 is 5.32 Å². The monoisotopic (exact) mass is 386 g/mol. The number of nitrogens with zero attached hydrogens (tertiary/aromatic N) is 1. The van der Waals surface area contributed by atoms with Gasteiger partial charge in [0.25, 0.3) is 0 Å². The second kappa shape index (κ2) is 7.80. The standard InChI is InChI=1S/C17H23BrN2O.ClH/c1-12-10-13(2-6-16(12)18)3-7-17(21)20-14-4-5-15(20)11-19-9-8-14;/h2,6,10,14-15,19H,3-5,7-9,11H2,1H3;1H. The van der Waals surface area contributed by atoms with Crippen molar-refractivity contribution in [3.05, 3.63) is 33.8 Å². The van der Waals surface area contributed by atoms with Crippen molar-refractivity contribution in [3.8, 4) is 0 Å². The van der Waals surface area contributed by atoms with Crippen LogP contribution in [0.4, 0.5) is 0 Å². The fourth-order valence-electron chi connectivity index (χ4n) is 3.63. The molecule has 5 heteroatoms. The van der Waals surface area contributed by atoms with Crippen molar-refractivity contribution in [3.63, 3.8) is 0 Å². The molecule has 3 rings (SSSR count). The number of amides is 1. The van der Waals surface area contributed by atoms with E-state index in [1.54, 1.807) is 0 Å². The first-order valence-corrected chi connectivity index (χ1v) is 8.71. The molecule has 2 heterocycles. The molecule has 1 aromatic rings. The van der Waals surface area contributed by atoms with E-state index in [0.717, 1.165) is 30.4 Å². The number of carbonyl (C=O) groups excluding carboxylic acids is 1. The third-order valence-corrected chi connectivity index (χ3v) is 5.68. The van der Waals surface area contributed by atoms with Crippen LogP contribution in [0.2, 0.25) is 0 Å². The number of rotatable bonds is 3. The van der Waals surface area contributed by atoms with Crippen LogP contribution in [0.1, 0.15) is 36.8 Å². The van der Waals surface area contributed by atoms with Crippen molar-refractivity contribution in [2.24, 2.45) is 0 Å². The Kier molecular flexibility index (Phi) is 6.30. The van der Waals surface area contributed by atoms with E-state index in [0.29, 0.717) is 24.4 Å². The molecular weight excluding hydrogens is 364 g/mol. The normalized spacial score (nSPS) is 23.8. The van der Waals surface area contributed by atoms with Gasteiger partial charge in [0.05, 0.1) is 0 Å². The molecule has 2 fully saturated rings. The van der Waals surface area contributed by atoms with Crippen LogP contribution in [-0.4, -0.2) is 36.0 Å². The minimum Gasteiger partial charge on any atom is -0.335 e. The zero-order valence-corrected chi connectivity index (χ0v) is 15.4. The Balaban J connectivity index is 0.00000176. The molecule has 1 N–H and O–H groups in total. The van der Waals surface area contributed by atoms with Crippen LogP contribution in [0.3, 0.4) is 0 Å². The summed E-state index contributed by atoms with van der Waals surface area (Å²) >= 11 is 3.52. The molecule has 0 saturated carbocycles. The fraction of sp³-hybridized carbons (Fsp3) is 0.588. The van der Waals surface area contributed by atoms with Crippen molar-refractivity contribution in [2.75, 3.05) is 13.1 Å². The molecule has 122 valence electrons. The molecule has 1 aromatic carbocycles. The quantitative estimate of drug-likeness (QED) is 0.861. The van der Waals surface area contributed by atoms with Crippen molar-refractivity contribution < 1.29 is 4.79 Å². The molecule has 2 atom stereocenters. The molecule has 2 saturated heterocycles. The van der Waals surface area contributed by atoms with Gasteiger partial charge in [0.2, 0.25) is 5.91 Å². The van der Waals surface area contributed by atoms with E-state index in [1.807, 2.05) is 0 Å². The minimum absolute atomic E-state index is 0. The molecule has 2 bridgehead atoms. The van der Waals surface area contributed by atoms with Gasteiger partial charge >= 0.3 is 0 Å². The first-order valence-electron chi connectivity index (χ1n) is 7.92. The van der Waals surface area contributed by atoms with E-state index >= 15 is 0 Å². The Morgan fingerprint density at radius 1 is 1.32 bits per heavy atom. The lowest BCUT2D eigenvalue weighted by atomic mass is 10.1. The second-order valence-corrected chi connectivity index (χ2v) is 7.12. The predicted octanol–water partition coefficient (Wildman–Crippen LogP) is 3.46. The van der Waals surface area contributed by atoms with Gasteiger partial charge in [0.15, 0.2) is 0 Å². The molecule has 0 aliphatic carbocycles. The van der Waals surface area contributed by atoms with E-state index in [2.05, 4.69) is 51.3 Å². The number of fused-ring (bicyclic) bond motifs is 2. The maximum absolute atomic E-state index is 12.6. The Morgan fingerprint density at radius 2 is 2.09 bits per heavy atom. The maximum Gasteiger partial charge on any atom is 0.223 e. The lowest BCUT2D eigenvalue weighted by Crippen LogP contribution is -2.42. The van der Waals surface area contributed by atoms with Gasteiger partial charge in [-0.3, -0.25) is 4.79 Å². The molecule has 0 aromatic heterocycles. The number of hydrogen-bond donors (Lipinski definition) is 1. The molecule has 2 aliphatic rings. The maximum atomic E-state index is 12.6. The van der Waals surface area contributed by atoms with E-state index in [4.69, 9.17) is 0 Å². The number of nitrogens with one attached hydrogen (secondary N) is 1. The van der Waals surface area contributed by atoms with Gasteiger partial charge in [-0.15, -0.1) is 12.4 Å². The van der Waals surface area contributed by atoms with Gasteiger partial charge in [-0.1, -0.05) is 28.1 Å². The lowest BCUT2D eigenvalue weighted by Gasteiger charge is -2.28. The predicted molar refractivity (Wildman–Crippen MR) is 95.6 cm³/mol. The highest BCUT2D eigenvalue weighted by Crippen LogP contribution is 2.29. The van der Waals surface area contributed by atoms with Gasteiger partial charge in [-0.25, -0.2) is 0 Å². The van der Waals surface area contributed by atoms with Gasteiger partial charge in [-0.05, 0) is 56.3 Å². The molecular formula is C17H24BrClN2O. The minimum atomic E-state index is 0. The number of hydrogen-bond acceptors (Lipinski definition) is 2. The average molecular weight is 388 g/mol. The summed E-state index contributed by atoms with van der Waals surface area (Å²) in [6.07, 6.45) is 4.94. The summed E-state index contributed by atoms with van der Waals surface area (Å²) < 4.78 is 1.13. The Morgan fingerprint density at radius 3 is 2.86 bits per heavy atom. The van der Waals surface area contributed by atoms with Crippen LogP contribution in [0, 0.1) is 6.92 Å². The van der Waals surface area contributed by atoms with Crippen LogP contribution in [0.25, 0.3) is 0 Å². The summed E-state index contributed by atoms with van der Waals surface area (Å²) in [6.45, 7) is 4.12. The Hall–Kier alpha value is -0.580. The summed E-state index contributed by atoms with van der Waals surface area (Å²) in [5.74, 6) is 0.340. The third kappa shape index (κ3) is 3.84. The van der Waals surface area contributed by atoms with Gasteiger partial charge in [0.1, 0.15) is 0 Å². The molecule has 2 unspecified atom stereocenters. The largest absolute Gasteiger partial charge is 0.335 e. The first kappa shape index (κ1) is 17.8. The van der Waals surface area contributed by atoms with Crippen molar-refractivity contribution >= 4 is 34.2 Å². The van der Waals surface area contributed by atoms with Crippen molar-refractivity contribution in [1.82, 2.24) is 10.2 Å². The number of halogens is 2. The van der Waals surface area contributed by atoms with Crippen LogP contribution >= 0.6 is 28.3 Å². The highest BCUT2D eigenvalue weighted by molar-refractivity contribution is 9.10. The topological polar surface area (TPSA) is 32.3 Å². The molecule has 0 radical (unpaired) electrons. The van der Waals surface area contributed by atoms with E-state index < -0.39 is 0 Å². The average Bonchev–Trinajstić information content (AvgIpc) is 2.73. The summed E-state index contributed by atoms with van der Waals surface area (Å²) in [4.78, 5) is 14.8. The molecule has 0 spiro atoms. The fourth-order valence-corrected chi connectivity index (χ4v) is 3.88. The van der Waals surface area contributed by atoms with Crippen molar-refractivity contribution in [1.29, 1.82) is 0 Å². The number of aryl methyl sites for hydroxylation is 2. The van der Waals surface area contributed by atoms with Crippen molar-refractivity contribution in [2.45, 2.75) is 51.1 Å². The second-order valence-electron chi connectivity index (χ2n) is 6.26. The summed E-state index contributed by atoms with van der Waals surface area (Å²) in [5.41, 5.74) is 2.49. The summed E-state index contributed by atoms with van der Waals surface area (Å²) in [7, 11) is 0. The van der Waals surface area contributed by atoms with Gasteiger partial charge in [-0.2, -0.15) is 0 Å². The third-order valence-electron chi connectivity index (χ3n) is 4.79. The zero-order chi connectivity index (χ0) is 14.8. The smallest absolute Gasteiger partial charge is 0.223 e. The summed E-state index contributed by atoms with van der Waals surface area (Å²) in [5, 5.41) is 3.45. The molecule has 3 nitrogen and oxygen atoms in total. The van der Waals surface area contributed by atoms with E-state index in [1.165, 1.54) is 24.0 Å². The lowest BCUT2D eigenvalue weighted by molar-refractivity contribution is -0.133. The SMILES string of the molecule is Cc1cc(CCC(=O)N2C3CCNCC2CC3)ccc1Br.Cl. The Labute approximate surface area is 147 Å². The molecule has 22 heavy (non-hydrogen) atoms. The van der Waals surface area contributed by atoms with E-state index in [9.17, 15) is 4.79 Å². The molecule has 1 amide bonds. The van der Waals surface area contributed by atoms with Crippen LogP contribution in [0.5, 0.6) is 0 Å². The van der Waals surface area contributed by atoms with E-state index in [-0.39, 0.29) is 12.4 Å².